The quantitative estimate of drug-likeness (QED) is 0.743. The van der Waals surface area contributed by atoms with Gasteiger partial charge in [-0.05, 0) is 37.6 Å². The number of carbonyl (C=O) groups excluding carboxylic acids is 1. The van der Waals surface area contributed by atoms with Gasteiger partial charge in [-0.25, -0.2) is 13.1 Å². The predicted molar refractivity (Wildman–Crippen MR) is 96.1 cm³/mol. The summed E-state index contributed by atoms with van der Waals surface area (Å²) in [6.07, 6.45) is 1.42. The fraction of sp³-hybridized carbons (Fsp3) is 0.588. The molecule has 25 heavy (non-hydrogen) atoms. The number of hydrogen-bond acceptors (Lipinski definition) is 5. The number of rotatable bonds is 7. The second-order valence-electron chi connectivity index (χ2n) is 6.04. The minimum atomic E-state index is -3.68. The Morgan fingerprint density at radius 2 is 2.16 bits per heavy atom. The molecule has 1 aliphatic heterocycles. The number of carbonyl (C=O) groups is 1. The zero-order chi connectivity index (χ0) is 18.3. The number of sulfonamides is 1. The Labute approximate surface area is 149 Å². The molecule has 0 bridgehead atoms. The number of ether oxygens (including phenoxy) is 1. The Balaban J connectivity index is 2.12. The first-order chi connectivity index (χ1) is 12.0. The molecule has 0 aromatic heterocycles. The lowest BCUT2D eigenvalue weighted by Crippen LogP contribution is -2.35. The summed E-state index contributed by atoms with van der Waals surface area (Å²) in [5, 5.41) is 3.25. The molecule has 1 amide bonds. The highest BCUT2D eigenvalue weighted by Gasteiger charge is 2.21. The van der Waals surface area contributed by atoms with Crippen LogP contribution in [0.1, 0.15) is 30.1 Å². The molecule has 8 heteroatoms. The summed E-state index contributed by atoms with van der Waals surface area (Å²) in [5.41, 5.74) is 0.392. The lowest BCUT2D eigenvalue weighted by molar-refractivity contribution is 0.0766. The van der Waals surface area contributed by atoms with Crippen molar-refractivity contribution in [3.05, 3.63) is 29.8 Å². The fourth-order valence-electron chi connectivity index (χ4n) is 2.71. The highest BCUT2D eigenvalue weighted by molar-refractivity contribution is 7.89. The van der Waals surface area contributed by atoms with Crippen molar-refractivity contribution in [3.63, 3.8) is 0 Å². The van der Waals surface area contributed by atoms with Gasteiger partial charge in [0, 0.05) is 38.9 Å². The van der Waals surface area contributed by atoms with E-state index in [1.54, 1.807) is 24.1 Å². The second kappa shape index (κ2) is 9.28. The summed E-state index contributed by atoms with van der Waals surface area (Å²) in [7, 11) is -2.13. The summed E-state index contributed by atoms with van der Waals surface area (Å²) >= 11 is 0. The van der Waals surface area contributed by atoms with Gasteiger partial charge < -0.3 is 15.0 Å². The standard InChI is InChI=1S/C17H27N3O4S/c1-3-15(24-2)13-19-25(22,23)16-7-4-6-14(12-16)17(21)20-10-5-8-18-9-11-20/h4,6-7,12,15,18-19H,3,5,8-11,13H2,1-2H3/t15-/m0/s1. The molecule has 1 atom stereocenters. The predicted octanol–water partition coefficient (Wildman–Crippen LogP) is 0.825. The van der Waals surface area contributed by atoms with Crippen molar-refractivity contribution in [2.75, 3.05) is 39.8 Å². The summed E-state index contributed by atoms with van der Waals surface area (Å²) < 4.78 is 32.7. The Morgan fingerprint density at radius 1 is 1.36 bits per heavy atom. The zero-order valence-electron chi connectivity index (χ0n) is 14.8. The summed E-state index contributed by atoms with van der Waals surface area (Å²) in [4.78, 5) is 14.5. The van der Waals surface area contributed by atoms with Crippen LogP contribution in [0.25, 0.3) is 0 Å². The van der Waals surface area contributed by atoms with Crippen LogP contribution in [0, 0.1) is 0 Å². The first-order valence-electron chi connectivity index (χ1n) is 8.60. The van der Waals surface area contributed by atoms with Crippen LogP contribution in [0.2, 0.25) is 0 Å². The summed E-state index contributed by atoms with van der Waals surface area (Å²) in [6.45, 7) is 5.07. The van der Waals surface area contributed by atoms with Gasteiger partial charge >= 0.3 is 0 Å². The summed E-state index contributed by atoms with van der Waals surface area (Å²) in [6, 6.07) is 6.20. The molecule has 0 aliphatic carbocycles. The smallest absolute Gasteiger partial charge is 0.253 e. The van der Waals surface area contributed by atoms with E-state index in [0.29, 0.717) is 25.1 Å². The third-order valence-corrected chi connectivity index (χ3v) is 5.73. The van der Waals surface area contributed by atoms with E-state index >= 15 is 0 Å². The van der Waals surface area contributed by atoms with E-state index in [1.807, 2.05) is 6.92 Å². The monoisotopic (exact) mass is 369 g/mol. The molecule has 7 nitrogen and oxygen atoms in total. The molecule has 1 aromatic carbocycles. The second-order valence-corrected chi connectivity index (χ2v) is 7.81. The average molecular weight is 369 g/mol. The van der Waals surface area contributed by atoms with Gasteiger partial charge in [0.2, 0.25) is 10.0 Å². The van der Waals surface area contributed by atoms with Gasteiger partial charge in [-0.3, -0.25) is 4.79 Å². The molecule has 1 aliphatic rings. The Kier molecular flexibility index (Phi) is 7.37. The number of benzene rings is 1. The normalized spacial score (nSPS) is 17.1. The lowest BCUT2D eigenvalue weighted by atomic mass is 10.2. The maximum absolute atomic E-state index is 12.7. The van der Waals surface area contributed by atoms with Gasteiger partial charge in [-0.1, -0.05) is 13.0 Å². The third-order valence-electron chi connectivity index (χ3n) is 4.31. The molecule has 0 unspecified atom stereocenters. The number of hydrogen-bond donors (Lipinski definition) is 2. The van der Waals surface area contributed by atoms with Crippen molar-refractivity contribution in [3.8, 4) is 0 Å². The average Bonchev–Trinajstić information content (AvgIpc) is 2.91. The molecule has 1 fully saturated rings. The number of amides is 1. The molecular formula is C17H27N3O4S. The first kappa shape index (κ1) is 19.8. The SMILES string of the molecule is CC[C@@H](CNS(=O)(=O)c1cccc(C(=O)N2CCCNCC2)c1)OC. The largest absolute Gasteiger partial charge is 0.380 e. The topological polar surface area (TPSA) is 87.7 Å². The van der Waals surface area contributed by atoms with Crippen molar-refractivity contribution < 1.29 is 17.9 Å². The van der Waals surface area contributed by atoms with Gasteiger partial charge in [0.25, 0.3) is 5.91 Å². The molecule has 140 valence electrons. The first-order valence-corrected chi connectivity index (χ1v) is 10.1. The van der Waals surface area contributed by atoms with Crippen LogP contribution in [0.4, 0.5) is 0 Å². The van der Waals surface area contributed by atoms with Gasteiger partial charge in [-0.2, -0.15) is 0 Å². The number of nitrogens with one attached hydrogen (secondary N) is 2. The molecule has 1 aromatic rings. The minimum absolute atomic E-state index is 0.0947. The molecule has 1 saturated heterocycles. The van der Waals surface area contributed by atoms with Crippen LogP contribution in [0.3, 0.4) is 0 Å². The maximum Gasteiger partial charge on any atom is 0.253 e. The molecule has 0 saturated carbocycles. The van der Waals surface area contributed by atoms with Crippen LogP contribution in [-0.4, -0.2) is 65.2 Å². The van der Waals surface area contributed by atoms with Crippen molar-refractivity contribution >= 4 is 15.9 Å². The van der Waals surface area contributed by atoms with Crippen LogP contribution in [0.5, 0.6) is 0 Å². The highest BCUT2D eigenvalue weighted by atomic mass is 32.2. The highest BCUT2D eigenvalue weighted by Crippen LogP contribution is 2.14. The van der Waals surface area contributed by atoms with Crippen molar-refractivity contribution in [2.24, 2.45) is 0 Å². The van der Waals surface area contributed by atoms with Gasteiger partial charge in [-0.15, -0.1) is 0 Å². The molecule has 0 spiro atoms. The number of nitrogens with zero attached hydrogens (tertiary/aromatic N) is 1. The lowest BCUT2D eigenvalue weighted by Gasteiger charge is -2.20. The third kappa shape index (κ3) is 5.50. The van der Waals surface area contributed by atoms with Gasteiger partial charge in [0.1, 0.15) is 0 Å². The van der Waals surface area contributed by atoms with E-state index in [1.165, 1.54) is 12.1 Å². The molecule has 1 heterocycles. The zero-order valence-corrected chi connectivity index (χ0v) is 15.6. The van der Waals surface area contributed by atoms with E-state index in [4.69, 9.17) is 4.74 Å². The van der Waals surface area contributed by atoms with E-state index in [9.17, 15) is 13.2 Å². The van der Waals surface area contributed by atoms with Gasteiger partial charge in [0.15, 0.2) is 0 Å². The van der Waals surface area contributed by atoms with Crippen LogP contribution in [0.15, 0.2) is 29.2 Å². The Morgan fingerprint density at radius 3 is 2.88 bits per heavy atom. The van der Waals surface area contributed by atoms with Crippen LogP contribution in [-0.2, 0) is 14.8 Å². The Hall–Kier alpha value is -1.48. The number of methoxy groups -OCH3 is 1. The van der Waals surface area contributed by atoms with Crippen molar-refractivity contribution in [2.45, 2.75) is 30.8 Å². The molecular weight excluding hydrogens is 342 g/mol. The van der Waals surface area contributed by atoms with E-state index in [-0.39, 0.29) is 23.5 Å². The van der Waals surface area contributed by atoms with E-state index in [2.05, 4.69) is 10.0 Å². The van der Waals surface area contributed by atoms with Gasteiger partial charge in [0.05, 0.1) is 11.0 Å². The van der Waals surface area contributed by atoms with E-state index < -0.39 is 10.0 Å². The molecule has 2 rings (SSSR count). The van der Waals surface area contributed by atoms with Crippen LogP contribution < -0.4 is 10.0 Å². The van der Waals surface area contributed by atoms with E-state index in [0.717, 1.165) is 19.5 Å². The van der Waals surface area contributed by atoms with Crippen LogP contribution >= 0.6 is 0 Å². The molecule has 2 N–H and O–H groups in total. The fourth-order valence-corrected chi connectivity index (χ4v) is 3.82. The summed E-state index contributed by atoms with van der Waals surface area (Å²) in [5.74, 6) is -0.135. The Bertz CT molecular complexity index is 666. The maximum atomic E-state index is 12.7. The van der Waals surface area contributed by atoms with Crippen molar-refractivity contribution in [1.82, 2.24) is 14.9 Å². The van der Waals surface area contributed by atoms with Crippen molar-refractivity contribution in [1.29, 1.82) is 0 Å². The molecule has 0 radical (unpaired) electrons. The minimum Gasteiger partial charge on any atom is -0.380 e.